The van der Waals surface area contributed by atoms with Crippen LogP contribution in [0.4, 0.5) is 0 Å². The second-order valence-corrected chi connectivity index (χ2v) is 6.02. The van der Waals surface area contributed by atoms with Gasteiger partial charge in [0.1, 0.15) is 0 Å². The molecule has 3 rings (SSSR count). The molecule has 2 aliphatic heterocycles. The standard InChI is InChI=1S/C15H24N4O2/c20-15(19-6-8-21-9-7-19)12-18-5-1-2-13(11-18)10-14-3-4-16-17-14/h3-4,13H,1-2,5-12H2,(H,16,17)/t13-/m0/s1. The number of piperidine rings is 1. The van der Waals surface area contributed by atoms with Gasteiger partial charge >= 0.3 is 0 Å². The van der Waals surface area contributed by atoms with E-state index in [-0.39, 0.29) is 5.91 Å². The maximum absolute atomic E-state index is 12.3. The Morgan fingerprint density at radius 1 is 1.38 bits per heavy atom. The van der Waals surface area contributed by atoms with Crippen LogP contribution in [-0.2, 0) is 16.0 Å². The predicted octanol–water partition coefficient (Wildman–Crippen LogP) is 0.523. The average molecular weight is 292 g/mol. The van der Waals surface area contributed by atoms with Gasteiger partial charge < -0.3 is 9.64 Å². The zero-order valence-corrected chi connectivity index (χ0v) is 12.5. The van der Waals surface area contributed by atoms with Crippen molar-refractivity contribution in [3.05, 3.63) is 18.0 Å². The van der Waals surface area contributed by atoms with Crippen molar-refractivity contribution in [2.45, 2.75) is 19.3 Å². The molecule has 0 radical (unpaired) electrons. The van der Waals surface area contributed by atoms with Crippen molar-refractivity contribution in [3.8, 4) is 0 Å². The van der Waals surface area contributed by atoms with E-state index in [4.69, 9.17) is 4.74 Å². The number of nitrogens with one attached hydrogen (secondary N) is 1. The van der Waals surface area contributed by atoms with Crippen molar-refractivity contribution in [2.75, 3.05) is 45.9 Å². The van der Waals surface area contributed by atoms with Gasteiger partial charge in [-0.25, -0.2) is 0 Å². The summed E-state index contributed by atoms with van der Waals surface area (Å²) in [5.41, 5.74) is 1.20. The Morgan fingerprint density at radius 2 is 2.24 bits per heavy atom. The fraction of sp³-hybridized carbons (Fsp3) is 0.733. The van der Waals surface area contributed by atoms with Crippen LogP contribution in [0.15, 0.2) is 12.3 Å². The first-order chi connectivity index (χ1) is 10.3. The van der Waals surface area contributed by atoms with Gasteiger partial charge in [0.2, 0.25) is 5.91 Å². The lowest BCUT2D eigenvalue weighted by molar-refractivity contribution is -0.136. The number of likely N-dealkylation sites (tertiary alicyclic amines) is 1. The summed E-state index contributed by atoms with van der Waals surface area (Å²) in [6.45, 7) is 5.43. The van der Waals surface area contributed by atoms with E-state index in [1.165, 1.54) is 18.5 Å². The molecular weight excluding hydrogens is 268 g/mol. The molecule has 0 aromatic carbocycles. The van der Waals surface area contributed by atoms with E-state index in [9.17, 15) is 4.79 Å². The minimum Gasteiger partial charge on any atom is -0.378 e. The zero-order chi connectivity index (χ0) is 14.5. The van der Waals surface area contributed by atoms with Gasteiger partial charge in [0.15, 0.2) is 0 Å². The maximum atomic E-state index is 12.3. The van der Waals surface area contributed by atoms with Crippen LogP contribution in [0, 0.1) is 5.92 Å². The largest absolute Gasteiger partial charge is 0.378 e. The SMILES string of the molecule is O=C(CN1CCC[C@@H](Cc2ccn[nH]2)C1)N1CCOCC1. The van der Waals surface area contributed by atoms with E-state index in [2.05, 4.69) is 15.1 Å². The molecule has 2 aliphatic rings. The number of amides is 1. The van der Waals surface area contributed by atoms with E-state index in [1.807, 2.05) is 11.0 Å². The predicted molar refractivity (Wildman–Crippen MR) is 78.9 cm³/mol. The molecule has 1 aromatic heterocycles. The van der Waals surface area contributed by atoms with E-state index in [0.717, 1.165) is 32.6 Å². The number of rotatable bonds is 4. The summed E-state index contributed by atoms with van der Waals surface area (Å²) in [6.07, 6.45) is 5.25. The molecule has 6 nitrogen and oxygen atoms in total. The van der Waals surface area contributed by atoms with E-state index >= 15 is 0 Å². The first-order valence-electron chi connectivity index (χ1n) is 7.87. The highest BCUT2D eigenvalue weighted by molar-refractivity contribution is 5.78. The molecule has 0 bridgehead atoms. The lowest BCUT2D eigenvalue weighted by Gasteiger charge is -2.34. The Balaban J connectivity index is 1.47. The number of ether oxygens (including phenoxy) is 1. The molecule has 2 fully saturated rings. The molecule has 1 amide bonds. The normalized spacial score (nSPS) is 24.2. The molecule has 1 aromatic rings. The molecule has 0 aliphatic carbocycles. The third-order valence-electron chi connectivity index (χ3n) is 4.39. The van der Waals surface area contributed by atoms with E-state index < -0.39 is 0 Å². The summed E-state index contributed by atoms with van der Waals surface area (Å²) in [4.78, 5) is 16.5. The lowest BCUT2D eigenvalue weighted by atomic mass is 9.93. The second-order valence-electron chi connectivity index (χ2n) is 6.02. The van der Waals surface area contributed by atoms with Crippen molar-refractivity contribution in [1.82, 2.24) is 20.0 Å². The van der Waals surface area contributed by atoms with Gasteiger partial charge in [-0.3, -0.25) is 14.8 Å². The molecule has 0 spiro atoms. The molecule has 2 saturated heterocycles. The Hall–Kier alpha value is -1.40. The highest BCUT2D eigenvalue weighted by atomic mass is 16.5. The van der Waals surface area contributed by atoms with Gasteiger partial charge in [0.25, 0.3) is 0 Å². The summed E-state index contributed by atoms with van der Waals surface area (Å²) < 4.78 is 5.30. The molecule has 116 valence electrons. The average Bonchev–Trinajstić information content (AvgIpc) is 3.01. The quantitative estimate of drug-likeness (QED) is 0.879. The number of hydrogen-bond acceptors (Lipinski definition) is 4. The van der Waals surface area contributed by atoms with Gasteiger partial charge in [0.05, 0.1) is 19.8 Å². The van der Waals surface area contributed by atoms with Crippen LogP contribution in [0.5, 0.6) is 0 Å². The Labute approximate surface area is 125 Å². The van der Waals surface area contributed by atoms with Crippen LogP contribution in [-0.4, -0.2) is 71.8 Å². The van der Waals surface area contributed by atoms with Crippen molar-refractivity contribution >= 4 is 5.91 Å². The van der Waals surface area contributed by atoms with Gasteiger partial charge in [-0.05, 0) is 37.8 Å². The maximum Gasteiger partial charge on any atom is 0.236 e. The molecule has 0 saturated carbocycles. The first kappa shape index (κ1) is 14.5. The third-order valence-corrected chi connectivity index (χ3v) is 4.39. The minimum atomic E-state index is 0.250. The van der Waals surface area contributed by atoms with Gasteiger partial charge in [-0.15, -0.1) is 0 Å². The Bertz CT molecular complexity index is 443. The summed E-state index contributed by atoms with van der Waals surface area (Å²) in [5.74, 6) is 0.872. The van der Waals surface area contributed by atoms with Crippen molar-refractivity contribution in [3.63, 3.8) is 0 Å². The monoisotopic (exact) mass is 292 g/mol. The zero-order valence-electron chi connectivity index (χ0n) is 12.5. The molecule has 1 N–H and O–H groups in total. The van der Waals surface area contributed by atoms with E-state index in [1.54, 1.807) is 6.20 Å². The van der Waals surface area contributed by atoms with Crippen LogP contribution in [0.25, 0.3) is 0 Å². The number of nitrogens with zero attached hydrogens (tertiary/aromatic N) is 3. The number of aromatic amines is 1. The van der Waals surface area contributed by atoms with Crippen LogP contribution >= 0.6 is 0 Å². The number of hydrogen-bond donors (Lipinski definition) is 1. The topological polar surface area (TPSA) is 61.5 Å². The number of carbonyl (C=O) groups excluding carboxylic acids is 1. The fourth-order valence-electron chi connectivity index (χ4n) is 3.27. The number of carbonyl (C=O) groups is 1. The van der Waals surface area contributed by atoms with E-state index in [0.29, 0.717) is 25.7 Å². The summed E-state index contributed by atoms with van der Waals surface area (Å²) >= 11 is 0. The lowest BCUT2D eigenvalue weighted by Crippen LogP contribution is -2.47. The highest BCUT2D eigenvalue weighted by Crippen LogP contribution is 2.20. The smallest absolute Gasteiger partial charge is 0.236 e. The van der Waals surface area contributed by atoms with Crippen molar-refractivity contribution in [1.29, 1.82) is 0 Å². The number of H-pyrrole nitrogens is 1. The van der Waals surface area contributed by atoms with Crippen molar-refractivity contribution < 1.29 is 9.53 Å². The number of aromatic nitrogens is 2. The highest BCUT2D eigenvalue weighted by Gasteiger charge is 2.24. The molecule has 1 atom stereocenters. The third kappa shape index (κ3) is 4.04. The number of morpholine rings is 1. The molecule has 6 heteroatoms. The van der Waals surface area contributed by atoms with Crippen molar-refractivity contribution in [2.24, 2.45) is 5.92 Å². The van der Waals surface area contributed by atoms with Crippen LogP contribution in [0.1, 0.15) is 18.5 Å². The molecular formula is C15H24N4O2. The molecule has 3 heterocycles. The Morgan fingerprint density at radius 3 is 3.00 bits per heavy atom. The summed E-state index contributed by atoms with van der Waals surface area (Å²) in [6, 6.07) is 2.04. The molecule has 0 unspecified atom stereocenters. The van der Waals surface area contributed by atoms with Gasteiger partial charge in [-0.2, -0.15) is 5.10 Å². The fourth-order valence-corrected chi connectivity index (χ4v) is 3.27. The van der Waals surface area contributed by atoms with Gasteiger partial charge in [0, 0.05) is 31.5 Å². The van der Waals surface area contributed by atoms with Crippen LogP contribution < -0.4 is 0 Å². The summed E-state index contributed by atoms with van der Waals surface area (Å²) in [7, 11) is 0. The first-order valence-corrected chi connectivity index (χ1v) is 7.87. The second kappa shape index (κ2) is 7.04. The summed E-state index contributed by atoms with van der Waals surface area (Å²) in [5, 5.41) is 7.04. The Kier molecular flexibility index (Phi) is 4.87. The minimum absolute atomic E-state index is 0.250. The van der Waals surface area contributed by atoms with Crippen LogP contribution in [0.2, 0.25) is 0 Å². The van der Waals surface area contributed by atoms with Crippen LogP contribution in [0.3, 0.4) is 0 Å². The molecule has 21 heavy (non-hydrogen) atoms. The van der Waals surface area contributed by atoms with Gasteiger partial charge in [-0.1, -0.05) is 0 Å².